The first-order valence-electron chi connectivity index (χ1n) is 10.9. The minimum absolute atomic E-state index is 0.0222. The minimum Gasteiger partial charge on any atom is -0.460 e. The molecule has 0 saturated heterocycles. The Hall–Kier alpha value is -2.93. The number of carbonyl (C=O) groups excluding carboxylic acids is 1. The number of nitrogens with one attached hydrogen (secondary N) is 1. The largest absolute Gasteiger partial charge is 0.460 e. The molecule has 1 N–H and O–H groups in total. The van der Waals surface area contributed by atoms with E-state index in [1.165, 1.54) is 16.8 Å². The molecule has 3 aromatic rings. The highest BCUT2D eigenvalue weighted by atomic mass is 19.1. The molecule has 0 aliphatic heterocycles. The molecular formula is C24H31FN4O2. The van der Waals surface area contributed by atoms with Crippen LogP contribution in [0.2, 0.25) is 0 Å². The molecule has 0 bridgehead atoms. The van der Waals surface area contributed by atoms with Crippen molar-refractivity contribution in [3.8, 4) is 17.1 Å². The zero-order valence-electron chi connectivity index (χ0n) is 18.7. The molecule has 0 saturated carbocycles. The molecule has 1 amide bonds. The summed E-state index contributed by atoms with van der Waals surface area (Å²) in [5.74, 6) is 0.783. The Bertz CT molecular complexity index is 989. The van der Waals surface area contributed by atoms with Gasteiger partial charge < -0.3 is 14.6 Å². The molecule has 0 radical (unpaired) electrons. The van der Waals surface area contributed by atoms with Crippen molar-refractivity contribution in [2.24, 2.45) is 0 Å². The van der Waals surface area contributed by atoms with Gasteiger partial charge in [-0.2, -0.15) is 5.10 Å². The molecule has 0 unspecified atom stereocenters. The second kappa shape index (κ2) is 10.4. The number of furan rings is 1. The van der Waals surface area contributed by atoms with E-state index in [9.17, 15) is 9.18 Å². The van der Waals surface area contributed by atoms with Gasteiger partial charge in [-0.15, -0.1) is 0 Å². The zero-order chi connectivity index (χ0) is 22.4. The fraction of sp³-hybridized carbons (Fsp3) is 0.417. The Morgan fingerprint density at radius 3 is 2.52 bits per heavy atom. The van der Waals surface area contributed by atoms with Gasteiger partial charge in [0.15, 0.2) is 5.76 Å². The van der Waals surface area contributed by atoms with E-state index in [4.69, 9.17) is 4.42 Å². The number of halogens is 1. The fourth-order valence-electron chi connectivity index (χ4n) is 3.55. The van der Waals surface area contributed by atoms with E-state index in [1.54, 1.807) is 18.2 Å². The highest BCUT2D eigenvalue weighted by molar-refractivity contribution is 5.94. The SMILES string of the molecule is CCN(CC)CCC[C@H](C)NC(=O)c1cc(-c2ccc(C)o2)nn1-c1ccc(F)cc1. The van der Waals surface area contributed by atoms with Crippen LogP contribution in [0.5, 0.6) is 0 Å². The smallest absolute Gasteiger partial charge is 0.270 e. The number of hydrogen-bond donors (Lipinski definition) is 1. The number of rotatable bonds is 10. The lowest BCUT2D eigenvalue weighted by Gasteiger charge is -2.20. The lowest BCUT2D eigenvalue weighted by Crippen LogP contribution is -2.34. The van der Waals surface area contributed by atoms with Crippen LogP contribution in [0.1, 0.15) is 49.9 Å². The number of aromatic nitrogens is 2. The summed E-state index contributed by atoms with van der Waals surface area (Å²) in [6.07, 6.45) is 1.90. The molecule has 1 aromatic carbocycles. The lowest BCUT2D eigenvalue weighted by atomic mass is 10.1. The predicted molar refractivity (Wildman–Crippen MR) is 120 cm³/mol. The van der Waals surface area contributed by atoms with Crippen molar-refractivity contribution in [3.63, 3.8) is 0 Å². The molecule has 0 spiro atoms. The van der Waals surface area contributed by atoms with E-state index in [1.807, 2.05) is 26.0 Å². The minimum atomic E-state index is -0.342. The van der Waals surface area contributed by atoms with E-state index in [2.05, 4.69) is 29.2 Å². The molecule has 2 heterocycles. The molecule has 0 aliphatic rings. The summed E-state index contributed by atoms with van der Waals surface area (Å²) in [4.78, 5) is 15.5. The molecule has 6 nitrogen and oxygen atoms in total. The van der Waals surface area contributed by atoms with Gasteiger partial charge >= 0.3 is 0 Å². The molecule has 31 heavy (non-hydrogen) atoms. The number of benzene rings is 1. The molecule has 7 heteroatoms. The van der Waals surface area contributed by atoms with Gasteiger partial charge in [-0.05, 0) is 82.7 Å². The standard InChI is InChI=1S/C24H31FN4O2/c1-5-28(6-2)15-7-8-17(3)26-24(30)22-16-21(23-14-9-18(4)31-23)27-29(22)20-12-10-19(25)11-13-20/h9-14,16-17H,5-8,15H2,1-4H3,(H,26,30)/t17-/m0/s1. The summed E-state index contributed by atoms with van der Waals surface area (Å²) < 4.78 is 20.6. The summed E-state index contributed by atoms with van der Waals surface area (Å²) >= 11 is 0. The Balaban J connectivity index is 1.78. The monoisotopic (exact) mass is 426 g/mol. The van der Waals surface area contributed by atoms with E-state index in [0.717, 1.165) is 38.2 Å². The molecule has 2 aromatic heterocycles. The zero-order valence-corrected chi connectivity index (χ0v) is 18.7. The first kappa shape index (κ1) is 22.7. The number of aryl methyl sites for hydroxylation is 1. The third-order valence-electron chi connectivity index (χ3n) is 5.39. The van der Waals surface area contributed by atoms with E-state index < -0.39 is 0 Å². The van der Waals surface area contributed by atoms with Crippen molar-refractivity contribution in [3.05, 3.63) is 59.7 Å². The van der Waals surface area contributed by atoms with Gasteiger partial charge in [0.2, 0.25) is 0 Å². The van der Waals surface area contributed by atoms with Crippen molar-refractivity contribution < 1.29 is 13.6 Å². The van der Waals surface area contributed by atoms with Crippen LogP contribution in [0.25, 0.3) is 17.1 Å². The molecule has 1 atom stereocenters. The molecule has 0 aliphatic carbocycles. The number of hydrogen-bond acceptors (Lipinski definition) is 4. The van der Waals surface area contributed by atoms with Gasteiger partial charge in [0, 0.05) is 12.1 Å². The normalized spacial score (nSPS) is 12.3. The predicted octanol–water partition coefficient (Wildman–Crippen LogP) is 4.82. The molecule has 0 fully saturated rings. The van der Waals surface area contributed by atoms with E-state index in [0.29, 0.717) is 22.8 Å². The van der Waals surface area contributed by atoms with Gasteiger partial charge in [0.25, 0.3) is 5.91 Å². The maximum Gasteiger partial charge on any atom is 0.270 e. The summed E-state index contributed by atoms with van der Waals surface area (Å²) in [5.41, 5.74) is 1.54. The number of nitrogens with zero attached hydrogens (tertiary/aromatic N) is 3. The van der Waals surface area contributed by atoms with Crippen LogP contribution in [0, 0.1) is 12.7 Å². The molecule has 166 valence electrons. The Kier molecular flexibility index (Phi) is 7.63. The quantitative estimate of drug-likeness (QED) is 0.505. The van der Waals surface area contributed by atoms with Crippen LogP contribution in [-0.2, 0) is 0 Å². The Morgan fingerprint density at radius 2 is 1.90 bits per heavy atom. The van der Waals surface area contributed by atoms with Crippen LogP contribution in [-0.4, -0.2) is 46.3 Å². The summed E-state index contributed by atoms with van der Waals surface area (Å²) in [6, 6.07) is 11.3. The van der Waals surface area contributed by atoms with Crippen molar-refractivity contribution in [2.75, 3.05) is 19.6 Å². The number of carbonyl (C=O) groups is 1. The van der Waals surface area contributed by atoms with Crippen molar-refractivity contribution in [1.29, 1.82) is 0 Å². The van der Waals surface area contributed by atoms with Gasteiger partial charge in [0.1, 0.15) is 23.0 Å². The van der Waals surface area contributed by atoms with E-state index in [-0.39, 0.29) is 17.8 Å². The highest BCUT2D eigenvalue weighted by Crippen LogP contribution is 2.24. The van der Waals surface area contributed by atoms with Crippen LogP contribution in [0.15, 0.2) is 46.9 Å². The maximum atomic E-state index is 13.4. The first-order valence-corrected chi connectivity index (χ1v) is 10.9. The summed E-state index contributed by atoms with van der Waals surface area (Å²) in [7, 11) is 0. The summed E-state index contributed by atoms with van der Waals surface area (Å²) in [6.45, 7) is 11.3. The summed E-state index contributed by atoms with van der Waals surface area (Å²) in [5, 5.41) is 7.64. The third-order valence-corrected chi connectivity index (χ3v) is 5.39. The fourth-order valence-corrected chi connectivity index (χ4v) is 3.55. The second-order valence-corrected chi connectivity index (χ2v) is 7.76. The Labute approximate surface area is 183 Å². The lowest BCUT2D eigenvalue weighted by molar-refractivity contribution is 0.0929. The van der Waals surface area contributed by atoms with Crippen LogP contribution in [0.4, 0.5) is 4.39 Å². The van der Waals surface area contributed by atoms with Crippen molar-refractivity contribution >= 4 is 5.91 Å². The van der Waals surface area contributed by atoms with Crippen molar-refractivity contribution in [2.45, 2.75) is 46.6 Å². The van der Waals surface area contributed by atoms with Crippen LogP contribution in [0.3, 0.4) is 0 Å². The molecular weight excluding hydrogens is 395 g/mol. The Morgan fingerprint density at radius 1 is 1.19 bits per heavy atom. The van der Waals surface area contributed by atoms with Crippen LogP contribution >= 0.6 is 0 Å². The highest BCUT2D eigenvalue weighted by Gasteiger charge is 2.20. The van der Waals surface area contributed by atoms with Crippen molar-refractivity contribution in [1.82, 2.24) is 20.0 Å². The topological polar surface area (TPSA) is 63.3 Å². The van der Waals surface area contributed by atoms with Gasteiger partial charge in [-0.25, -0.2) is 9.07 Å². The third kappa shape index (κ3) is 5.82. The molecule has 3 rings (SSSR count). The van der Waals surface area contributed by atoms with Crippen LogP contribution < -0.4 is 5.32 Å². The van der Waals surface area contributed by atoms with Gasteiger partial charge in [-0.3, -0.25) is 4.79 Å². The van der Waals surface area contributed by atoms with Gasteiger partial charge in [-0.1, -0.05) is 13.8 Å². The first-order chi connectivity index (χ1) is 14.9. The maximum absolute atomic E-state index is 13.4. The van der Waals surface area contributed by atoms with E-state index >= 15 is 0 Å². The van der Waals surface area contributed by atoms with Gasteiger partial charge in [0.05, 0.1) is 5.69 Å². The average Bonchev–Trinajstić information content (AvgIpc) is 3.38. The average molecular weight is 427 g/mol. The second-order valence-electron chi connectivity index (χ2n) is 7.76. The number of amides is 1.